The highest BCUT2D eigenvalue weighted by atomic mass is 19.4. The number of rotatable bonds is 3. The highest BCUT2D eigenvalue weighted by Crippen LogP contribution is 2.34. The molecule has 8 heteroatoms. The largest absolute Gasteiger partial charge is 0.433 e. The predicted molar refractivity (Wildman–Crippen MR) is 120 cm³/mol. The third kappa shape index (κ3) is 3.94. The van der Waals surface area contributed by atoms with Gasteiger partial charge in [0.2, 0.25) is 0 Å². The van der Waals surface area contributed by atoms with Crippen LogP contribution in [0.4, 0.5) is 13.2 Å². The molecule has 2 aromatic heterocycles. The third-order valence-corrected chi connectivity index (χ3v) is 6.45. The maximum atomic E-state index is 14.0. The fraction of sp³-hybridized carbons (Fsp3) is 0.320. The predicted octanol–water partition coefficient (Wildman–Crippen LogP) is 5.97. The van der Waals surface area contributed by atoms with E-state index in [-0.39, 0.29) is 29.0 Å². The monoisotopic (exact) mass is 452 g/mol. The van der Waals surface area contributed by atoms with Gasteiger partial charge in [0.1, 0.15) is 0 Å². The third-order valence-electron chi connectivity index (χ3n) is 6.45. The molecule has 0 saturated heterocycles. The summed E-state index contributed by atoms with van der Waals surface area (Å²) < 4.78 is 42.7. The zero-order valence-corrected chi connectivity index (χ0v) is 18.1. The summed E-state index contributed by atoms with van der Waals surface area (Å²) in [5.41, 5.74) is -0.222. The van der Waals surface area contributed by atoms with Crippen molar-refractivity contribution in [3.63, 3.8) is 0 Å². The molecule has 1 amide bonds. The Kier molecular flexibility index (Phi) is 5.31. The van der Waals surface area contributed by atoms with Gasteiger partial charge in [-0.1, -0.05) is 61.7 Å². The van der Waals surface area contributed by atoms with Crippen LogP contribution in [0, 0.1) is 0 Å². The molecule has 2 heterocycles. The molecule has 1 saturated carbocycles. The minimum absolute atomic E-state index is 0.00634. The molecule has 1 aliphatic carbocycles. The summed E-state index contributed by atoms with van der Waals surface area (Å²) in [5.74, 6) is -0.382. The first-order chi connectivity index (χ1) is 15.8. The van der Waals surface area contributed by atoms with Crippen molar-refractivity contribution in [3.8, 4) is 11.3 Å². The van der Waals surface area contributed by atoms with Crippen LogP contribution >= 0.6 is 0 Å². The summed E-state index contributed by atoms with van der Waals surface area (Å²) in [5, 5.41) is 5.74. The van der Waals surface area contributed by atoms with Gasteiger partial charge in [0.05, 0.1) is 5.69 Å². The molecule has 0 N–H and O–H groups in total. The minimum atomic E-state index is -4.66. The van der Waals surface area contributed by atoms with E-state index < -0.39 is 11.9 Å². The fourth-order valence-corrected chi connectivity index (χ4v) is 4.68. The van der Waals surface area contributed by atoms with Gasteiger partial charge >= 0.3 is 6.18 Å². The van der Waals surface area contributed by atoms with Gasteiger partial charge in [0.25, 0.3) is 5.91 Å². The second-order valence-corrected chi connectivity index (χ2v) is 8.56. The molecular weight excluding hydrogens is 429 g/mol. The summed E-state index contributed by atoms with van der Waals surface area (Å²) in [4.78, 5) is 19.1. The highest BCUT2D eigenvalue weighted by Gasteiger charge is 2.36. The minimum Gasteiger partial charge on any atom is -0.337 e. The zero-order chi connectivity index (χ0) is 23.2. The van der Waals surface area contributed by atoms with E-state index >= 15 is 0 Å². The Hall–Kier alpha value is -3.42. The number of carbonyl (C=O) groups is 1. The molecule has 0 atom stereocenters. The molecule has 0 unspecified atom stereocenters. The number of hydrogen-bond acceptors (Lipinski definition) is 3. The molecule has 5 rings (SSSR count). The van der Waals surface area contributed by atoms with Crippen LogP contribution in [0.3, 0.4) is 0 Å². The van der Waals surface area contributed by atoms with Crippen LogP contribution in [-0.4, -0.2) is 38.5 Å². The lowest BCUT2D eigenvalue weighted by Gasteiger charge is -2.30. The van der Waals surface area contributed by atoms with Crippen molar-refractivity contribution in [3.05, 3.63) is 66.0 Å². The van der Waals surface area contributed by atoms with Crippen LogP contribution in [0.15, 0.2) is 54.6 Å². The van der Waals surface area contributed by atoms with E-state index in [1.165, 1.54) is 6.07 Å². The van der Waals surface area contributed by atoms with Gasteiger partial charge in [-0.05, 0) is 29.7 Å². The number of amides is 1. The summed E-state index contributed by atoms with van der Waals surface area (Å²) in [6.45, 7) is 0. The van der Waals surface area contributed by atoms with Gasteiger partial charge in [-0.15, -0.1) is 0 Å². The van der Waals surface area contributed by atoms with E-state index in [9.17, 15) is 18.0 Å². The second-order valence-electron chi connectivity index (χ2n) is 8.56. The number of benzene rings is 2. The van der Waals surface area contributed by atoms with Crippen molar-refractivity contribution >= 4 is 22.3 Å². The van der Waals surface area contributed by atoms with E-state index in [0.717, 1.165) is 53.5 Å². The van der Waals surface area contributed by atoms with Crippen LogP contribution in [0.2, 0.25) is 0 Å². The molecule has 0 bridgehead atoms. The van der Waals surface area contributed by atoms with Crippen LogP contribution in [0.1, 0.15) is 48.3 Å². The van der Waals surface area contributed by atoms with Gasteiger partial charge in [-0.2, -0.15) is 18.3 Å². The van der Waals surface area contributed by atoms with Crippen LogP contribution in [0.25, 0.3) is 27.7 Å². The van der Waals surface area contributed by atoms with Gasteiger partial charge < -0.3 is 4.90 Å². The van der Waals surface area contributed by atoms with Gasteiger partial charge in [0, 0.05) is 24.7 Å². The molecule has 0 aliphatic heterocycles. The summed E-state index contributed by atoms with van der Waals surface area (Å²) in [6, 6.07) is 15.4. The lowest BCUT2D eigenvalue weighted by Crippen LogP contribution is -2.38. The van der Waals surface area contributed by atoms with Crippen LogP contribution < -0.4 is 0 Å². The Morgan fingerprint density at radius 1 is 1.03 bits per heavy atom. The Morgan fingerprint density at radius 3 is 2.52 bits per heavy atom. The quantitative estimate of drug-likeness (QED) is 0.385. The second kappa shape index (κ2) is 8.17. The SMILES string of the molecule is CN(C(=O)c1cc2nc(-c3cccc4ccccc34)cc(C(F)(F)F)n2n1)C1CCCCC1. The zero-order valence-electron chi connectivity index (χ0n) is 18.1. The van der Waals surface area contributed by atoms with E-state index in [0.29, 0.717) is 5.56 Å². The molecule has 5 nitrogen and oxygen atoms in total. The summed E-state index contributed by atoms with van der Waals surface area (Å²) in [7, 11) is 1.70. The Balaban J connectivity index is 1.63. The molecule has 0 radical (unpaired) electrons. The Morgan fingerprint density at radius 2 is 1.76 bits per heavy atom. The summed E-state index contributed by atoms with van der Waals surface area (Å²) in [6.07, 6.45) is 0.355. The van der Waals surface area contributed by atoms with Crippen molar-refractivity contribution in [1.29, 1.82) is 0 Å². The first-order valence-corrected chi connectivity index (χ1v) is 11.1. The molecule has 33 heavy (non-hydrogen) atoms. The van der Waals surface area contributed by atoms with Crippen molar-refractivity contribution in [1.82, 2.24) is 19.5 Å². The van der Waals surface area contributed by atoms with Gasteiger partial charge in [0.15, 0.2) is 17.0 Å². The molecule has 1 aliphatic rings. The number of aromatic nitrogens is 3. The van der Waals surface area contributed by atoms with E-state index in [1.54, 1.807) is 24.1 Å². The van der Waals surface area contributed by atoms with Crippen molar-refractivity contribution < 1.29 is 18.0 Å². The number of carbonyl (C=O) groups excluding carboxylic acids is 1. The van der Waals surface area contributed by atoms with Crippen LogP contribution in [0.5, 0.6) is 0 Å². The first-order valence-electron chi connectivity index (χ1n) is 11.1. The van der Waals surface area contributed by atoms with Gasteiger partial charge in [-0.3, -0.25) is 4.79 Å². The highest BCUT2D eigenvalue weighted by molar-refractivity contribution is 5.96. The molecule has 1 fully saturated rings. The maximum absolute atomic E-state index is 14.0. The first kappa shape index (κ1) is 21.4. The molecule has 2 aromatic carbocycles. The maximum Gasteiger partial charge on any atom is 0.433 e. The Bertz CT molecular complexity index is 1330. The average molecular weight is 452 g/mol. The summed E-state index contributed by atoms with van der Waals surface area (Å²) >= 11 is 0. The molecular formula is C25H23F3N4O. The smallest absolute Gasteiger partial charge is 0.337 e. The molecule has 0 spiro atoms. The van der Waals surface area contributed by atoms with Crippen molar-refractivity contribution in [2.45, 2.75) is 44.3 Å². The van der Waals surface area contributed by atoms with E-state index in [4.69, 9.17) is 0 Å². The van der Waals surface area contributed by atoms with E-state index in [1.807, 2.05) is 30.3 Å². The standard InChI is InChI=1S/C25H23F3N4O/c1-31(17-10-3-2-4-11-17)24(33)21-15-23-29-20(14-22(25(26,27)28)32(23)30-21)19-13-7-9-16-8-5-6-12-18(16)19/h5-9,12-15,17H,2-4,10-11H2,1H3. The van der Waals surface area contributed by atoms with E-state index in [2.05, 4.69) is 10.1 Å². The molecule has 170 valence electrons. The number of hydrogen-bond donors (Lipinski definition) is 0. The number of halogens is 3. The topological polar surface area (TPSA) is 50.5 Å². The average Bonchev–Trinajstić information content (AvgIpc) is 3.26. The van der Waals surface area contributed by atoms with Crippen molar-refractivity contribution in [2.24, 2.45) is 0 Å². The Labute approximate surface area is 188 Å². The lowest BCUT2D eigenvalue weighted by atomic mass is 9.94. The number of nitrogens with zero attached hydrogens (tertiary/aromatic N) is 4. The van der Waals surface area contributed by atoms with Crippen molar-refractivity contribution in [2.75, 3.05) is 7.05 Å². The normalized spacial score (nSPS) is 15.3. The number of alkyl halides is 3. The number of fused-ring (bicyclic) bond motifs is 2. The van der Waals surface area contributed by atoms with Crippen LogP contribution in [-0.2, 0) is 6.18 Å². The molecule has 4 aromatic rings. The lowest BCUT2D eigenvalue weighted by molar-refractivity contribution is -0.142. The van der Waals surface area contributed by atoms with Gasteiger partial charge in [-0.25, -0.2) is 9.50 Å². The fourth-order valence-electron chi connectivity index (χ4n) is 4.68.